The van der Waals surface area contributed by atoms with Crippen LogP contribution < -0.4 is 10.9 Å². The third-order valence-electron chi connectivity index (χ3n) is 4.65. The lowest BCUT2D eigenvalue weighted by molar-refractivity contribution is -0.118. The van der Waals surface area contributed by atoms with Gasteiger partial charge >= 0.3 is 0 Å². The van der Waals surface area contributed by atoms with Crippen molar-refractivity contribution in [1.29, 1.82) is 0 Å². The lowest BCUT2D eigenvalue weighted by atomic mass is 10.2. The second-order valence-corrected chi connectivity index (χ2v) is 8.23. The molecule has 0 radical (unpaired) electrons. The minimum absolute atomic E-state index is 0.133. The summed E-state index contributed by atoms with van der Waals surface area (Å²) in [5, 5.41) is 4.59. The molecule has 0 saturated heterocycles. The van der Waals surface area contributed by atoms with Gasteiger partial charge in [0.05, 0.1) is 23.2 Å². The van der Waals surface area contributed by atoms with Crippen LogP contribution in [0.4, 0.5) is 0 Å². The van der Waals surface area contributed by atoms with Crippen molar-refractivity contribution in [2.45, 2.75) is 18.2 Å². The zero-order valence-electron chi connectivity index (χ0n) is 16.5. The molecule has 4 aromatic rings. The Balaban J connectivity index is 1.52. The first-order valence-corrected chi connectivity index (χ1v) is 11.0. The number of hydrogen-bond donors (Lipinski definition) is 1. The molecule has 0 spiro atoms. The summed E-state index contributed by atoms with van der Waals surface area (Å²) in [4.78, 5) is 34.2. The van der Waals surface area contributed by atoms with Crippen molar-refractivity contribution in [2.75, 3.05) is 5.75 Å². The summed E-state index contributed by atoms with van der Waals surface area (Å²) in [5.74, 6) is 0.00663. The summed E-state index contributed by atoms with van der Waals surface area (Å²) >= 11 is 7.13. The highest BCUT2D eigenvalue weighted by molar-refractivity contribution is 7.99. The van der Waals surface area contributed by atoms with Gasteiger partial charge in [-0.15, -0.1) is 0 Å². The van der Waals surface area contributed by atoms with Crippen molar-refractivity contribution in [1.82, 2.24) is 19.9 Å². The Hall–Kier alpha value is -3.16. The van der Waals surface area contributed by atoms with E-state index in [1.165, 1.54) is 11.8 Å². The first-order valence-electron chi connectivity index (χ1n) is 9.62. The van der Waals surface area contributed by atoms with E-state index in [0.717, 1.165) is 11.1 Å². The summed E-state index contributed by atoms with van der Waals surface area (Å²) in [5.41, 5.74) is 2.37. The normalized spacial score (nSPS) is 10.9. The van der Waals surface area contributed by atoms with E-state index in [9.17, 15) is 9.59 Å². The van der Waals surface area contributed by atoms with E-state index >= 15 is 0 Å². The van der Waals surface area contributed by atoms with Crippen molar-refractivity contribution >= 4 is 40.2 Å². The summed E-state index contributed by atoms with van der Waals surface area (Å²) in [7, 11) is 0. The van der Waals surface area contributed by atoms with Gasteiger partial charge in [0.2, 0.25) is 5.91 Å². The number of carbonyl (C=O) groups is 1. The van der Waals surface area contributed by atoms with Gasteiger partial charge in [-0.25, -0.2) is 4.98 Å². The summed E-state index contributed by atoms with van der Waals surface area (Å²) in [6.45, 7) is 0.763. The molecule has 0 aliphatic heterocycles. The van der Waals surface area contributed by atoms with Gasteiger partial charge in [-0.2, -0.15) is 0 Å². The monoisotopic (exact) mass is 450 g/mol. The molecule has 0 aliphatic rings. The first kappa shape index (κ1) is 21.1. The van der Waals surface area contributed by atoms with Crippen LogP contribution in [0.15, 0.2) is 83.0 Å². The number of pyridine rings is 1. The van der Waals surface area contributed by atoms with Gasteiger partial charge in [0.15, 0.2) is 5.16 Å². The van der Waals surface area contributed by atoms with E-state index in [2.05, 4.69) is 15.3 Å². The summed E-state index contributed by atoms with van der Waals surface area (Å²) in [6.07, 6.45) is 3.37. The Morgan fingerprint density at radius 2 is 1.74 bits per heavy atom. The minimum atomic E-state index is -0.141. The number of aromatic nitrogens is 3. The van der Waals surface area contributed by atoms with Crippen LogP contribution >= 0.6 is 23.4 Å². The van der Waals surface area contributed by atoms with E-state index in [-0.39, 0.29) is 17.2 Å². The average molecular weight is 451 g/mol. The third kappa shape index (κ3) is 5.31. The Kier molecular flexibility index (Phi) is 6.64. The standard InChI is InChI=1S/C23H19ClN4O2S/c24-18-7-5-16(6-8-18)13-26-21(29)15-31-23-27-20-4-2-1-3-19(20)22(30)28(23)14-17-9-11-25-12-10-17/h1-12H,13-15H2,(H,26,29). The molecule has 156 valence electrons. The molecule has 31 heavy (non-hydrogen) atoms. The third-order valence-corrected chi connectivity index (χ3v) is 5.88. The van der Waals surface area contributed by atoms with E-state index < -0.39 is 0 Å². The number of carbonyl (C=O) groups excluding carboxylic acids is 1. The Labute approximate surface area is 188 Å². The van der Waals surface area contributed by atoms with Crippen LogP contribution in [0.3, 0.4) is 0 Å². The Morgan fingerprint density at radius 1 is 1.00 bits per heavy atom. The number of amides is 1. The predicted octanol–water partition coefficient (Wildman–Crippen LogP) is 3.90. The molecule has 0 atom stereocenters. The quantitative estimate of drug-likeness (QED) is 0.341. The van der Waals surface area contributed by atoms with Crippen LogP contribution in [0.25, 0.3) is 10.9 Å². The number of nitrogens with one attached hydrogen (secondary N) is 1. The summed E-state index contributed by atoms with van der Waals surface area (Å²) in [6, 6.07) is 18.3. The molecule has 8 heteroatoms. The molecule has 1 amide bonds. The molecule has 0 unspecified atom stereocenters. The topological polar surface area (TPSA) is 76.9 Å². The van der Waals surface area contributed by atoms with Gasteiger partial charge in [-0.3, -0.25) is 19.1 Å². The van der Waals surface area contributed by atoms with Gasteiger partial charge in [0, 0.05) is 24.0 Å². The van der Waals surface area contributed by atoms with Crippen LogP contribution in [0.2, 0.25) is 5.02 Å². The molecular formula is C23H19ClN4O2S. The second-order valence-electron chi connectivity index (χ2n) is 6.85. The van der Waals surface area contributed by atoms with E-state index in [4.69, 9.17) is 11.6 Å². The highest BCUT2D eigenvalue weighted by Crippen LogP contribution is 2.19. The number of thioether (sulfide) groups is 1. The molecule has 0 bridgehead atoms. The highest BCUT2D eigenvalue weighted by Gasteiger charge is 2.14. The SMILES string of the molecule is O=C(CSc1nc2ccccc2c(=O)n1Cc1ccncc1)NCc1ccc(Cl)cc1. The molecule has 0 saturated carbocycles. The number of hydrogen-bond acceptors (Lipinski definition) is 5. The lowest BCUT2D eigenvalue weighted by Gasteiger charge is -2.13. The number of nitrogens with zero attached hydrogens (tertiary/aromatic N) is 3. The maximum Gasteiger partial charge on any atom is 0.262 e. The maximum atomic E-state index is 13.1. The predicted molar refractivity (Wildman–Crippen MR) is 123 cm³/mol. The van der Waals surface area contributed by atoms with Gasteiger partial charge < -0.3 is 5.32 Å². The van der Waals surface area contributed by atoms with Gasteiger partial charge in [0.25, 0.3) is 5.56 Å². The second kappa shape index (κ2) is 9.76. The fraction of sp³-hybridized carbons (Fsp3) is 0.130. The van der Waals surface area contributed by atoms with Crippen molar-refractivity contribution in [2.24, 2.45) is 0 Å². The van der Waals surface area contributed by atoms with Crippen molar-refractivity contribution in [3.63, 3.8) is 0 Å². The molecule has 2 heterocycles. The molecule has 2 aromatic heterocycles. The van der Waals surface area contributed by atoms with Crippen LogP contribution in [-0.4, -0.2) is 26.2 Å². The van der Waals surface area contributed by atoms with Crippen LogP contribution in [0.1, 0.15) is 11.1 Å². The molecule has 0 aliphatic carbocycles. The smallest absolute Gasteiger partial charge is 0.262 e. The number of fused-ring (bicyclic) bond motifs is 1. The number of benzene rings is 2. The van der Waals surface area contributed by atoms with Crippen LogP contribution in [0, 0.1) is 0 Å². The van der Waals surface area contributed by atoms with Crippen LogP contribution in [-0.2, 0) is 17.9 Å². The van der Waals surface area contributed by atoms with Crippen molar-refractivity contribution in [3.8, 4) is 0 Å². The average Bonchev–Trinajstić information content (AvgIpc) is 2.80. The van der Waals surface area contributed by atoms with Crippen molar-refractivity contribution in [3.05, 3.63) is 99.6 Å². The number of para-hydroxylation sites is 1. The van der Waals surface area contributed by atoms with E-state index in [0.29, 0.717) is 34.2 Å². The molecule has 0 fully saturated rings. The van der Waals surface area contributed by atoms with Crippen LogP contribution in [0.5, 0.6) is 0 Å². The molecule has 6 nitrogen and oxygen atoms in total. The largest absolute Gasteiger partial charge is 0.351 e. The fourth-order valence-electron chi connectivity index (χ4n) is 3.05. The zero-order valence-corrected chi connectivity index (χ0v) is 18.1. The molecule has 4 rings (SSSR count). The summed E-state index contributed by atoms with van der Waals surface area (Å²) < 4.78 is 1.61. The maximum absolute atomic E-state index is 13.1. The Morgan fingerprint density at radius 3 is 2.52 bits per heavy atom. The first-order chi connectivity index (χ1) is 15.1. The zero-order chi connectivity index (χ0) is 21.6. The van der Waals surface area contributed by atoms with E-state index in [1.807, 2.05) is 36.4 Å². The fourth-order valence-corrected chi connectivity index (χ4v) is 4.01. The molecular weight excluding hydrogens is 432 g/mol. The van der Waals surface area contributed by atoms with Gasteiger partial charge in [-0.1, -0.05) is 47.6 Å². The highest BCUT2D eigenvalue weighted by atomic mass is 35.5. The lowest BCUT2D eigenvalue weighted by Crippen LogP contribution is -2.27. The number of rotatable bonds is 7. The Bertz CT molecular complexity index is 1260. The van der Waals surface area contributed by atoms with Crippen molar-refractivity contribution < 1.29 is 4.79 Å². The van der Waals surface area contributed by atoms with Gasteiger partial charge in [-0.05, 0) is 47.5 Å². The van der Waals surface area contributed by atoms with Gasteiger partial charge in [0.1, 0.15) is 0 Å². The minimum Gasteiger partial charge on any atom is -0.351 e. The molecule has 1 N–H and O–H groups in total. The molecule has 2 aromatic carbocycles. The van der Waals surface area contributed by atoms with E-state index in [1.54, 1.807) is 41.2 Å². The number of halogens is 1.